The molecule has 2 fully saturated rings. The Morgan fingerprint density at radius 2 is 1.77 bits per heavy atom. The first-order valence-corrected chi connectivity index (χ1v) is 16.3. The number of amides is 1. The van der Waals surface area contributed by atoms with Gasteiger partial charge in [-0.15, -0.1) is 0 Å². The van der Waals surface area contributed by atoms with E-state index in [0.29, 0.717) is 30.6 Å². The number of nitrogens with one attached hydrogen (secondary N) is 1. The van der Waals surface area contributed by atoms with E-state index in [1.54, 1.807) is 11.8 Å². The average molecular weight is 687 g/mol. The maximum Gasteiger partial charge on any atom is 0.262 e. The molecule has 3 atom stereocenters. The molecule has 0 radical (unpaired) electrons. The van der Waals surface area contributed by atoms with Crippen LogP contribution < -0.4 is 14.8 Å². The molecule has 5 rings (SSSR count). The van der Waals surface area contributed by atoms with Gasteiger partial charge in [0, 0.05) is 16.2 Å². The molecule has 3 aromatic rings. The van der Waals surface area contributed by atoms with E-state index in [1.807, 2.05) is 79.7 Å². The van der Waals surface area contributed by atoms with Crippen LogP contribution in [0.15, 0.2) is 80.6 Å². The highest BCUT2D eigenvalue weighted by atomic mass is 79.9. The van der Waals surface area contributed by atoms with Crippen molar-refractivity contribution in [1.82, 2.24) is 4.90 Å². The Labute approximate surface area is 258 Å². The summed E-state index contributed by atoms with van der Waals surface area (Å²) in [5.74, 6) is 1.85. The Hall–Kier alpha value is -2.42. The smallest absolute Gasteiger partial charge is 0.262 e. The molecule has 0 bridgehead atoms. The number of hydrogen-bond acceptors (Lipinski definition) is 5. The molecule has 1 saturated heterocycles. The monoisotopic (exact) mass is 684 g/mol. The highest BCUT2D eigenvalue weighted by Crippen LogP contribution is 2.44. The fourth-order valence-electron chi connectivity index (χ4n) is 5.33. The van der Waals surface area contributed by atoms with Gasteiger partial charge in [-0.1, -0.05) is 77.8 Å². The van der Waals surface area contributed by atoms with E-state index in [0.717, 1.165) is 49.9 Å². The number of ether oxygens (including phenoxy) is 2. The first-order valence-electron chi connectivity index (χ1n) is 13.8. The lowest BCUT2D eigenvalue weighted by atomic mass is 9.85. The zero-order valence-electron chi connectivity index (χ0n) is 22.7. The molecule has 1 amide bonds. The van der Waals surface area contributed by atoms with Crippen LogP contribution in [0, 0.1) is 5.92 Å². The first kappa shape index (κ1) is 29.1. The lowest BCUT2D eigenvalue weighted by Crippen LogP contribution is -2.48. The molecule has 1 heterocycles. The van der Waals surface area contributed by atoms with Gasteiger partial charge in [0.2, 0.25) is 0 Å². The molecular weight excluding hydrogens is 652 g/mol. The summed E-state index contributed by atoms with van der Waals surface area (Å²) in [6, 6.07) is 22.4. The van der Waals surface area contributed by atoms with Gasteiger partial charge in [0.1, 0.15) is 6.61 Å². The SMILES string of the molecule is CCOc1cc(/C=C2\SC(Nc3ccccc3)N([C@@H]3CCCC[C@@H]3C)C2=O)cc(Br)c1OCc1ccc(Br)cc1. The second-order valence-corrected chi connectivity index (χ2v) is 13.1. The summed E-state index contributed by atoms with van der Waals surface area (Å²) in [7, 11) is 0. The zero-order chi connectivity index (χ0) is 28.1. The number of benzene rings is 3. The van der Waals surface area contributed by atoms with Gasteiger partial charge in [-0.3, -0.25) is 4.79 Å². The number of rotatable bonds is 9. The lowest BCUT2D eigenvalue weighted by molar-refractivity contribution is -0.129. The molecular formula is C32H34Br2N2O3S. The van der Waals surface area contributed by atoms with E-state index in [1.165, 1.54) is 6.42 Å². The molecule has 1 aliphatic carbocycles. The highest BCUT2D eigenvalue weighted by molar-refractivity contribution is 9.10. The highest BCUT2D eigenvalue weighted by Gasteiger charge is 2.43. The van der Waals surface area contributed by atoms with Crippen molar-refractivity contribution < 1.29 is 14.3 Å². The van der Waals surface area contributed by atoms with Crippen LogP contribution in [-0.2, 0) is 11.4 Å². The summed E-state index contributed by atoms with van der Waals surface area (Å²) in [6.07, 6.45) is 6.57. The Balaban J connectivity index is 1.42. The fourth-order valence-corrected chi connectivity index (χ4v) is 7.38. The molecule has 2 aliphatic rings. The Morgan fingerprint density at radius 1 is 1.02 bits per heavy atom. The summed E-state index contributed by atoms with van der Waals surface area (Å²) < 4.78 is 14.0. The largest absolute Gasteiger partial charge is 0.490 e. The standard InChI is InChI=1S/C32H34Br2N2O3S/c1-3-38-28-18-23(17-26(34)30(28)39-20-22-13-15-24(33)16-14-22)19-29-31(37)36(27-12-8-7-9-21(27)2)32(40-29)35-25-10-5-4-6-11-25/h4-6,10-11,13-19,21,27,32,35H,3,7-9,12,20H2,1-2H3/b29-19-/t21-,27+,32?/m0/s1. The van der Waals surface area contributed by atoms with Crippen molar-refractivity contribution in [2.75, 3.05) is 11.9 Å². The molecule has 1 saturated carbocycles. The molecule has 1 aliphatic heterocycles. The minimum absolute atomic E-state index is 0.0850. The molecule has 3 aromatic carbocycles. The Morgan fingerprint density at radius 3 is 2.50 bits per heavy atom. The average Bonchev–Trinajstić information content (AvgIpc) is 3.24. The van der Waals surface area contributed by atoms with Crippen molar-refractivity contribution in [3.63, 3.8) is 0 Å². The van der Waals surface area contributed by atoms with Crippen molar-refractivity contribution in [3.05, 3.63) is 91.7 Å². The molecule has 0 spiro atoms. The number of thioether (sulfide) groups is 1. The molecule has 1 N–H and O–H groups in total. The van der Waals surface area contributed by atoms with Gasteiger partial charge in [-0.25, -0.2) is 0 Å². The van der Waals surface area contributed by atoms with Crippen LogP contribution in [-0.4, -0.2) is 29.0 Å². The van der Waals surface area contributed by atoms with Gasteiger partial charge in [-0.05, 0) is 95.2 Å². The topological polar surface area (TPSA) is 50.8 Å². The van der Waals surface area contributed by atoms with Gasteiger partial charge in [0.15, 0.2) is 17.0 Å². The van der Waals surface area contributed by atoms with Crippen molar-refractivity contribution >= 4 is 61.3 Å². The quantitative estimate of drug-likeness (QED) is 0.228. The zero-order valence-corrected chi connectivity index (χ0v) is 26.7. The number of hydrogen-bond donors (Lipinski definition) is 1. The van der Waals surface area contributed by atoms with Crippen LogP contribution in [0.4, 0.5) is 5.69 Å². The van der Waals surface area contributed by atoms with E-state index < -0.39 is 0 Å². The summed E-state index contributed by atoms with van der Waals surface area (Å²) in [4.78, 5) is 16.7. The maximum absolute atomic E-state index is 13.9. The van der Waals surface area contributed by atoms with Gasteiger partial charge >= 0.3 is 0 Å². The van der Waals surface area contributed by atoms with Crippen molar-refractivity contribution in [3.8, 4) is 11.5 Å². The summed E-state index contributed by atoms with van der Waals surface area (Å²) in [6.45, 7) is 5.16. The summed E-state index contributed by atoms with van der Waals surface area (Å²) in [5, 5.41) is 3.61. The summed E-state index contributed by atoms with van der Waals surface area (Å²) >= 11 is 8.76. The normalized spacial score (nSPS) is 22.0. The molecule has 1 unspecified atom stereocenters. The first-order chi connectivity index (χ1) is 19.4. The van der Waals surface area contributed by atoms with E-state index in [9.17, 15) is 4.79 Å². The third-order valence-corrected chi connectivity index (χ3v) is 9.58. The maximum atomic E-state index is 13.9. The van der Waals surface area contributed by atoms with Gasteiger partial charge in [0.05, 0.1) is 16.0 Å². The lowest BCUT2D eigenvalue weighted by Gasteiger charge is -2.39. The van der Waals surface area contributed by atoms with Crippen LogP contribution in [0.25, 0.3) is 6.08 Å². The number of nitrogens with zero attached hydrogens (tertiary/aromatic N) is 1. The fraction of sp³-hybridized carbons (Fsp3) is 0.344. The third kappa shape index (κ3) is 6.89. The predicted octanol–water partition coefficient (Wildman–Crippen LogP) is 9.08. The van der Waals surface area contributed by atoms with E-state index in [-0.39, 0.29) is 17.4 Å². The second-order valence-electron chi connectivity index (χ2n) is 10.2. The minimum Gasteiger partial charge on any atom is -0.490 e. The number of carbonyl (C=O) groups is 1. The van der Waals surface area contributed by atoms with E-state index in [2.05, 4.69) is 49.0 Å². The molecule has 8 heteroatoms. The Kier molecular flexibility index (Phi) is 9.81. The number of carbonyl (C=O) groups excluding carboxylic acids is 1. The van der Waals surface area contributed by atoms with Crippen molar-refractivity contribution in [1.29, 1.82) is 0 Å². The summed E-state index contributed by atoms with van der Waals surface area (Å²) in [5.41, 5.74) is 2.80. The van der Waals surface area contributed by atoms with Crippen molar-refractivity contribution in [2.45, 2.75) is 57.7 Å². The predicted molar refractivity (Wildman–Crippen MR) is 171 cm³/mol. The molecule has 210 valence electrons. The molecule has 40 heavy (non-hydrogen) atoms. The van der Waals surface area contributed by atoms with Crippen LogP contribution in [0.3, 0.4) is 0 Å². The number of anilines is 1. The van der Waals surface area contributed by atoms with Crippen LogP contribution in [0.5, 0.6) is 11.5 Å². The Bertz CT molecular complexity index is 1350. The number of para-hydroxylation sites is 1. The van der Waals surface area contributed by atoms with Crippen LogP contribution >= 0.6 is 43.6 Å². The number of halogens is 2. The minimum atomic E-state index is -0.157. The second kappa shape index (κ2) is 13.5. The third-order valence-electron chi connectivity index (χ3n) is 7.35. The van der Waals surface area contributed by atoms with Crippen LogP contribution in [0.2, 0.25) is 0 Å². The van der Waals surface area contributed by atoms with Crippen molar-refractivity contribution in [2.24, 2.45) is 5.92 Å². The van der Waals surface area contributed by atoms with Gasteiger partial charge in [-0.2, -0.15) is 0 Å². The van der Waals surface area contributed by atoms with Gasteiger partial charge in [0.25, 0.3) is 5.91 Å². The molecule has 5 nitrogen and oxygen atoms in total. The molecule has 0 aromatic heterocycles. The van der Waals surface area contributed by atoms with E-state index >= 15 is 0 Å². The van der Waals surface area contributed by atoms with E-state index in [4.69, 9.17) is 9.47 Å². The van der Waals surface area contributed by atoms with Crippen LogP contribution in [0.1, 0.15) is 50.7 Å². The van der Waals surface area contributed by atoms with Gasteiger partial charge < -0.3 is 19.7 Å².